The van der Waals surface area contributed by atoms with Gasteiger partial charge in [0.15, 0.2) is 0 Å². The van der Waals surface area contributed by atoms with E-state index in [1.54, 1.807) is 52.0 Å². The number of fused-ring (bicyclic) bond motifs is 1. The number of carbonyl (C=O) groups is 6. The van der Waals surface area contributed by atoms with Crippen LogP contribution in [0.4, 0.5) is 9.59 Å². The van der Waals surface area contributed by atoms with Crippen LogP contribution in [0.2, 0.25) is 5.02 Å². The molecule has 0 saturated heterocycles. The molecule has 1 heterocycles. The number of para-hydroxylation sites is 1. The zero-order valence-corrected chi connectivity index (χ0v) is 42.6. The maximum atomic E-state index is 14.2. The molecule has 0 unspecified atom stereocenters. The van der Waals surface area contributed by atoms with Crippen LogP contribution >= 0.6 is 11.6 Å². The van der Waals surface area contributed by atoms with Crippen LogP contribution in [-0.4, -0.2) is 90.4 Å². The van der Waals surface area contributed by atoms with E-state index >= 15 is 0 Å². The number of esters is 1. The summed E-state index contributed by atoms with van der Waals surface area (Å²) in [4.78, 5) is 83.3. The van der Waals surface area contributed by atoms with Gasteiger partial charge in [0.1, 0.15) is 12.2 Å². The van der Waals surface area contributed by atoms with Crippen LogP contribution < -0.4 is 26.6 Å². The summed E-state index contributed by atoms with van der Waals surface area (Å²) in [5.74, 6) is -1.77. The molecule has 0 aliphatic rings. The Morgan fingerprint density at radius 2 is 1.24 bits per heavy atom. The molecule has 0 aliphatic heterocycles. The third-order valence-corrected chi connectivity index (χ3v) is 12.0. The van der Waals surface area contributed by atoms with E-state index in [1.807, 2.05) is 91.1 Å². The van der Waals surface area contributed by atoms with Gasteiger partial charge in [-0.15, -0.1) is 0 Å². The maximum Gasteiger partial charge on any atom is 0.407 e. The number of nitrogens with one attached hydrogen (secondary N) is 6. The first-order valence-corrected chi connectivity index (χ1v) is 24.7. The summed E-state index contributed by atoms with van der Waals surface area (Å²) >= 11 is 6.16. The van der Waals surface area contributed by atoms with Gasteiger partial charge < -0.3 is 50.5 Å². The average Bonchev–Trinajstić information content (AvgIpc) is 3.74. The van der Waals surface area contributed by atoms with Crippen LogP contribution in [0.1, 0.15) is 94.9 Å². The van der Waals surface area contributed by atoms with E-state index in [1.165, 1.54) is 7.11 Å². The number of ether oxygens (including phenoxy) is 4. The number of methoxy groups -OCH3 is 1. The Bertz CT molecular complexity index is 2520. The summed E-state index contributed by atoms with van der Waals surface area (Å²) in [6.45, 7) is 7.59. The monoisotopic (exact) mass is 1010 g/mol. The summed E-state index contributed by atoms with van der Waals surface area (Å²) in [5, 5.41) is 16.1. The Balaban J connectivity index is 1.25. The maximum absolute atomic E-state index is 14.2. The first-order chi connectivity index (χ1) is 34.5. The second-order valence-electron chi connectivity index (χ2n) is 18.8. The number of halogens is 1. The highest BCUT2D eigenvalue weighted by Gasteiger charge is 2.29. The van der Waals surface area contributed by atoms with Crippen molar-refractivity contribution < 1.29 is 47.7 Å². The average molecular weight is 1010 g/mol. The Kier molecular flexibility index (Phi) is 22.4. The van der Waals surface area contributed by atoms with Gasteiger partial charge in [-0.25, -0.2) is 9.59 Å². The number of aromatic amines is 1. The van der Waals surface area contributed by atoms with Crippen molar-refractivity contribution >= 4 is 58.4 Å². The minimum Gasteiger partial charge on any atom is -0.469 e. The van der Waals surface area contributed by atoms with E-state index in [-0.39, 0.29) is 44.8 Å². The van der Waals surface area contributed by atoms with Crippen molar-refractivity contribution in [1.29, 1.82) is 0 Å². The quantitative estimate of drug-likeness (QED) is 0.0168. The van der Waals surface area contributed by atoms with E-state index in [0.29, 0.717) is 49.2 Å². The van der Waals surface area contributed by atoms with Crippen molar-refractivity contribution in [2.75, 3.05) is 13.7 Å². The molecule has 16 nitrogen and oxygen atoms in total. The highest BCUT2D eigenvalue weighted by Crippen LogP contribution is 2.21. The van der Waals surface area contributed by atoms with Gasteiger partial charge in [-0.3, -0.25) is 19.2 Å². The predicted molar refractivity (Wildman–Crippen MR) is 276 cm³/mol. The lowest BCUT2D eigenvalue weighted by molar-refractivity contribution is -0.141. The lowest BCUT2D eigenvalue weighted by Crippen LogP contribution is -2.50. The largest absolute Gasteiger partial charge is 0.469 e. The van der Waals surface area contributed by atoms with Gasteiger partial charge in [0, 0.05) is 71.6 Å². The van der Waals surface area contributed by atoms with E-state index in [2.05, 4.69) is 31.6 Å². The zero-order valence-electron chi connectivity index (χ0n) is 41.8. The van der Waals surface area contributed by atoms with Crippen molar-refractivity contribution in [3.05, 3.63) is 143 Å². The number of hydrogen-bond donors (Lipinski definition) is 6. The third-order valence-electron chi connectivity index (χ3n) is 11.7. The molecule has 4 aromatic carbocycles. The lowest BCUT2D eigenvalue weighted by atomic mass is 9.99. The number of hydrogen-bond acceptors (Lipinski definition) is 10. The molecule has 386 valence electrons. The third kappa shape index (κ3) is 20.4. The van der Waals surface area contributed by atoms with Gasteiger partial charge in [-0.1, -0.05) is 109 Å². The molecular weight excluding hydrogens is 940 g/mol. The molecule has 0 aliphatic carbocycles. The van der Waals surface area contributed by atoms with E-state index in [9.17, 15) is 28.8 Å². The summed E-state index contributed by atoms with van der Waals surface area (Å²) in [7, 11) is 1.27. The summed E-state index contributed by atoms with van der Waals surface area (Å²) in [6.07, 6.45) is 1.50. The second kappa shape index (κ2) is 28.8. The summed E-state index contributed by atoms with van der Waals surface area (Å²) in [6, 6.07) is 31.0. The van der Waals surface area contributed by atoms with Crippen molar-refractivity contribution in [1.82, 2.24) is 31.6 Å². The minimum atomic E-state index is -0.826. The van der Waals surface area contributed by atoms with Crippen molar-refractivity contribution in [2.24, 2.45) is 0 Å². The molecule has 5 atom stereocenters. The minimum absolute atomic E-state index is 0.0194. The van der Waals surface area contributed by atoms with Crippen LogP contribution in [0.25, 0.3) is 10.9 Å². The number of rotatable bonds is 27. The van der Waals surface area contributed by atoms with Gasteiger partial charge in [0.05, 0.1) is 32.3 Å². The number of alkyl carbamates (subject to hydrolysis) is 2. The Morgan fingerprint density at radius 3 is 1.93 bits per heavy atom. The van der Waals surface area contributed by atoms with Crippen LogP contribution in [0.3, 0.4) is 0 Å². The number of unbranched alkanes of at least 4 members (excludes halogenated alkanes) is 1. The van der Waals surface area contributed by atoms with Crippen molar-refractivity contribution in [3.8, 4) is 0 Å². The molecule has 5 amide bonds. The van der Waals surface area contributed by atoms with Crippen LogP contribution in [0, 0.1) is 0 Å². The van der Waals surface area contributed by atoms with Crippen molar-refractivity contribution in [2.45, 2.75) is 135 Å². The van der Waals surface area contributed by atoms with Crippen LogP contribution in [0.15, 0.2) is 115 Å². The topological polar surface area (TPSA) is 215 Å². The molecule has 1 aromatic heterocycles. The molecular formula is C55H69ClN6O10. The fourth-order valence-corrected chi connectivity index (χ4v) is 8.24. The summed E-state index contributed by atoms with van der Waals surface area (Å²) < 4.78 is 22.0. The van der Waals surface area contributed by atoms with E-state index < -0.39 is 65.8 Å². The molecule has 17 heteroatoms. The molecule has 72 heavy (non-hydrogen) atoms. The Labute approximate surface area is 427 Å². The molecule has 0 saturated carbocycles. The molecule has 5 rings (SSSR count). The molecule has 6 N–H and O–H groups in total. The lowest BCUT2D eigenvalue weighted by Gasteiger charge is -2.28. The normalized spacial score (nSPS) is 13.4. The highest BCUT2D eigenvalue weighted by atomic mass is 35.5. The first kappa shape index (κ1) is 56.0. The van der Waals surface area contributed by atoms with Gasteiger partial charge in [0.2, 0.25) is 17.7 Å². The smallest absolute Gasteiger partial charge is 0.407 e. The predicted octanol–water partition coefficient (Wildman–Crippen LogP) is 8.39. The van der Waals surface area contributed by atoms with Gasteiger partial charge in [0.25, 0.3) is 0 Å². The molecule has 0 fully saturated rings. The van der Waals surface area contributed by atoms with Crippen LogP contribution in [-0.2, 0) is 64.2 Å². The number of carbonyl (C=O) groups excluding carboxylic acids is 6. The standard InChI is InChI=1S/C55H69ClN6O10/c1-37(70-35-39-20-10-7-11-21-39)48(33-51(65)59-42(32-52(66)69-5)23-16-17-27-57-53(67)71-36-40-22-12-14-25-46(40)56)62-50(64)30-43(28-38-18-8-6-9-19-38)60-49(63)31-44(61-54(68)72-55(2,3)4)29-41-34-58-47-26-15-13-24-45(41)47/h6-15,18-22,24-26,34,37,42-44,48,58H,16-17,23,27-33,35-36H2,1-5H3,(H,57,67)(H,59,65)(H,60,63)(H,61,68)(H,62,64)/t37-,42+,43+,44+,48-/m1/s1. The Hall–Kier alpha value is -6.91. The fraction of sp³-hybridized carbons (Fsp3) is 0.418. The van der Waals surface area contributed by atoms with Gasteiger partial charge >= 0.3 is 18.2 Å². The molecule has 0 spiro atoms. The summed E-state index contributed by atoms with van der Waals surface area (Å²) in [5.41, 5.74) is 3.53. The van der Waals surface area contributed by atoms with E-state index in [0.717, 1.165) is 27.6 Å². The van der Waals surface area contributed by atoms with Gasteiger partial charge in [-0.05, 0) is 88.6 Å². The number of amides is 5. The molecule has 5 aromatic rings. The second-order valence-corrected chi connectivity index (χ2v) is 19.2. The SMILES string of the molecule is COC(=O)C[C@H](CCCCNC(=O)OCc1ccccc1Cl)NC(=O)C[C@@H](NC(=O)C[C@H](Cc1ccccc1)NC(=O)C[C@H](Cc1c[nH]c2ccccc12)NC(=O)OC(C)(C)C)[C@@H](C)OCc1ccccc1. The number of H-pyrrole nitrogens is 1. The zero-order chi connectivity index (χ0) is 51.9. The molecule has 0 radical (unpaired) electrons. The molecule has 0 bridgehead atoms. The number of aromatic nitrogens is 1. The van der Waals surface area contributed by atoms with Crippen LogP contribution in [0.5, 0.6) is 0 Å². The van der Waals surface area contributed by atoms with Gasteiger partial charge in [-0.2, -0.15) is 0 Å². The Morgan fingerprint density at radius 1 is 0.625 bits per heavy atom. The fourth-order valence-electron chi connectivity index (χ4n) is 8.05. The first-order valence-electron chi connectivity index (χ1n) is 24.4. The number of benzene rings is 4. The highest BCUT2D eigenvalue weighted by molar-refractivity contribution is 6.31. The van der Waals surface area contributed by atoms with Crippen molar-refractivity contribution in [3.63, 3.8) is 0 Å². The van der Waals surface area contributed by atoms with E-state index in [4.69, 9.17) is 30.5 Å².